The lowest BCUT2D eigenvalue weighted by Crippen LogP contribution is -2.15. The Morgan fingerprint density at radius 1 is 1.00 bits per heavy atom. The van der Waals surface area contributed by atoms with Gasteiger partial charge in [-0.2, -0.15) is 0 Å². The Labute approximate surface area is 147 Å². The SMILES string of the molecule is Cc1cccc(NC(=O)c2cc(NC(C)c3ccccc3)ncn2)c1. The molecule has 0 aliphatic rings. The highest BCUT2D eigenvalue weighted by Gasteiger charge is 2.11. The second kappa shape index (κ2) is 7.57. The number of aryl methyl sites for hydroxylation is 1. The highest BCUT2D eigenvalue weighted by molar-refractivity contribution is 6.03. The number of carbonyl (C=O) groups is 1. The summed E-state index contributed by atoms with van der Waals surface area (Å²) in [4.78, 5) is 20.7. The van der Waals surface area contributed by atoms with Gasteiger partial charge in [-0.15, -0.1) is 0 Å². The lowest BCUT2D eigenvalue weighted by Gasteiger charge is -2.15. The summed E-state index contributed by atoms with van der Waals surface area (Å²) < 4.78 is 0. The van der Waals surface area contributed by atoms with E-state index in [2.05, 4.69) is 20.6 Å². The Hall–Kier alpha value is -3.21. The molecule has 0 bridgehead atoms. The molecule has 1 aromatic heterocycles. The summed E-state index contributed by atoms with van der Waals surface area (Å²) >= 11 is 0. The molecule has 0 saturated carbocycles. The number of aromatic nitrogens is 2. The average molecular weight is 332 g/mol. The van der Waals surface area contributed by atoms with Crippen LogP contribution in [0.2, 0.25) is 0 Å². The van der Waals surface area contributed by atoms with E-state index in [-0.39, 0.29) is 11.9 Å². The third-order valence-corrected chi connectivity index (χ3v) is 3.84. The molecule has 5 nitrogen and oxygen atoms in total. The molecular formula is C20H20N4O. The van der Waals surface area contributed by atoms with Crippen molar-refractivity contribution in [1.82, 2.24) is 9.97 Å². The summed E-state index contributed by atoms with van der Waals surface area (Å²) in [6.07, 6.45) is 1.39. The van der Waals surface area contributed by atoms with Crippen LogP contribution in [0, 0.1) is 6.92 Å². The van der Waals surface area contributed by atoms with E-state index in [1.54, 1.807) is 6.07 Å². The van der Waals surface area contributed by atoms with E-state index in [9.17, 15) is 4.79 Å². The summed E-state index contributed by atoms with van der Waals surface area (Å²) in [5.74, 6) is 0.351. The van der Waals surface area contributed by atoms with E-state index in [0.29, 0.717) is 11.5 Å². The van der Waals surface area contributed by atoms with E-state index in [1.165, 1.54) is 6.33 Å². The van der Waals surface area contributed by atoms with E-state index in [0.717, 1.165) is 16.8 Å². The minimum absolute atomic E-state index is 0.0729. The first-order chi connectivity index (χ1) is 12.1. The molecule has 3 aromatic rings. The molecule has 0 aliphatic carbocycles. The smallest absolute Gasteiger partial charge is 0.274 e. The molecule has 2 N–H and O–H groups in total. The second-order valence-electron chi connectivity index (χ2n) is 5.89. The molecule has 0 spiro atoms. The standard InChI is InChI=1S/C20H20N4O/c1-14-7-6-10-17(11-14)24-20(25)18-12-19(22-13-21-18)23-15(2)16-8-4-3-5-9-16/h3-13,15H,1-2H3,(H,24,25)(H,21,22,23). The Bertz CT molecular complexity index is 864. The van der Waals surface area contributed by atoms with Gasteiger partial charge in [0.05, 0.1) is 0 Å². The predicted molar refractivity (Wildman–Crippen MR) is 99.6 cm³/mol. The van der Waals surface area contributed by atoms with Crippen LogP contribution in [0.1, 0.15) is 34.6 Å². The summed E-state index contributed by atoms with van der Waals surface area (Å²) in [6, 6.07) is 19.4. The summed E-state index contributed by atoms with van der Waals surface area (Å²) in [5.41, 5.74) is 3.29. The van der Waals surface area contributed by atoms with Gasteiger partial charge in [0.2, 0.25) is 0 Å². The lowest BCUT2D eigenvalue weighted by atomic mass is 10.1. The van der Waals surface area contributed by atoms with E-state index < -0.39 is 0 Å². The topological polar surface area (TPSA) is 66.9 Å². The number of hydrogen-bond acceptors (Lipinski definition) is 4. The molecule has 1 unspecified atom stereocenters. The van der Waals surface area contributed by atoms with Crippen molar-refractivity contribution in [3.05, 3.63) is 83.8 Å². The second-order valence-corrected chi connectivity index (χ2v) is 5.89. The Kier molecular flexibility index (Phi) is 5.04. The maximum atomic E-state index is 12.4. The zero-order valence-corrected chi connectivity index (χ0v) is 14.2. The highest BCUT2D eigenvalue weighted by atomic mass is 16.1. The monoisotopic (exact) mass is 332 g/mol. The van der Waals surface area contributed by atoms with E-state index >= 15 is 0 Å². The molecule has 0 aliphatic heterocycles. The van der Waals surface area contributed by atoms with Gasteiger partial charge in [-0.1, -0.05) is 42.5 Å². The first kappa shape index (κ1) is 16.6. The number of nitrogens with one attached hydrogen (secondary N) is 2. The molecule has 1 atom stereocenters. The number of nitrogens with zero attached hydrogens (tertiary/aromatic N) is 2. The normalized spacial score (nSPS) is 11.6. The number of rotatable bonds is 5. The van der Waals surface area contributed by atoms with Crippen molar-refractivity contribution in [2.24, 2.45) is 0 Å². The van der Waals surface area contributed by atoms with Gasteiger partial charge in [0, 0.05) is 17.8 Å². The zero-order valence-electron chi connectivity index (χ0n) is 14.2. The fourth-order valence-electron chi connectivity index (χ4n) is 2.53. The number of benzene rings is 2. The fraction of sp³-hybridized carbons (Fsp3) is 0.150. The predicted octanol–water partition coefficient (Wildman–Crippen LogP) is 4.21. The molecule has 25 heavy (non-hydrogen) atoms. The van der Waals surface area contributed by atoms with Crippen LogP contribution < -0.4 is 10.6 Å². The van der Waals surface area contributed by atoms with Gasteiger partial charge < -0.3 is 10.6 Å². The van der Waals surface area contributed by atoms with Crippen molar-refractivity contribution < 1.29 is 4.79 Å². The zero-order chi connectivity index (χ0) is 17.6. The summed E-state index contributed by atoms with van der Waals surface area (Å²) in [5, 5.41) is 6.15. The van der Waals surface area contributed by atoms with Gasteiger partial charge in [-0.05, 0) is 37.1 Å². The first-order valence-corrected chi connectivity index (χ1v) is 8.13. The van der Waals surface area contributed by atoms with Gasteiger partial charge in [-0.25, -0.2) is 9.97 Å². The largest absolute Gasteiger partial charge is 0.363 e. The maximum Gasteiger partial charge on any atom is 0.274 e. The number of carbonyl (C=O) groups excluding carboxylic acids is 1. The molecular weight excluding hydrogens is 312 g/mol. The summed E-state index contributed by atoms with van der Waals surface area (Å²) in [7, 11) is 0. The van der Waals surface area contributed by atoms with Crippen LogP contribution in [-0.2, 0) is 0 Å². The first-order valence-electron chi connectivity index (χ1n) is 8.13. The van der Waals surface area contributed by atoms with Gasteiger partial charge in [0.1, 0.15) is 17.8 Å². The number of amides is 1. The van der Waals surface area contributed by atoms with Crippen LogP contribution in [0.5, 0.6) is 0 Å². The van der Waals surface area contributed by atoms with Crippen LogP contribution >= 0.6 is 0 Å². The lowest BCUT2D eigenvalue weighted by molar-refractivity contribution is 0.102. The summed E-state index contributed by atoms with van der Waals surface area (Å²) in [6.45, 7) is 4.03. The van der Waals surface area contributed by atoms with Crippen LogP contribution in [0.25, 0.3) is 0 Å². The quantitative estimate of drug-likeness (QED) is 0.734. The third kappa shape index (κ3) is 4.41. The van der Waals surface area contributed by atoms with Gasteiger partial charge in [0.15, 0.2) is 0 Å². The molecule has 3 rings (SSSR count). The minimum Gasteiger partial charge on any atom is -0.363 e. The van der Waals surface area contributed by atoms with Crippen molar-refractivity contribution in [2.45, 2.75) is 19.9 Å². The van der Waals surface area contributed by atoms with E-state index in [4.69, 9.17) is 0 Å². The van der Waals surface area contributed by atoms with Crippen LogP contribution in [-0.4, -0.2) is 15.9 Å². The highest BCUT2D eigenvalue weighted by Crippen LogP contribution is 2.18. The van der Waals surface area contributed by atoms with Crippen LogP contribution in [0.4, 0.5) is 11.5 Å². The van der Waals surface area contributed by atoms with Crippen molar-refractivity contribution in [3.63, 3.8) is 0 Å². The molecule has 126 valence electrons. The molecule has 0 fully saturated rings. The third-order valence-electron chi connectivity index (χ3n) is 3.84. The molecule has 5 heteroatoms. The van der Waals surface area contributed by atoms with Crippen LogP contribution in [0.3, 0.4) is 0 Å². The molecule has 2 aromatic carbocycles. The van der Waals surface area contributed by atoms with Crippen molar-refractivity contribution in [2.75, 3.05) is 10.6 Å². The molecule has 1 heterocycles. The minimum atomic E-state index is -0.261. The Morgan fingerprint density at radius 3 is 2.56 bits per heavy atom. The van der Waals surface area contributed by atoms with Crippen molar-refractivity contribution in [3.8, 4) is 0 Å². The van der Waals surface area contributed by atoms with Gasteiger partial charge >= 0.3 is 0 Å². The average Bonchev–Trinajstić information content (AvgIpc) is 2.62. The van der Waals surface area contributed by atoms with Crippen LogP contribution in [0.15, 0.2) is 67.0 Å². The maximum absolute atomic E-state index is 12.4. The Morgan fingerprint density at radius 2 is 1.80 bits per heavy atom. The number of hydrogen-bond donors (Lipinski definition) is 2. The molecule has 0 saturated heterocycles. The van der Waals surface area contributed by atoms with Crippen molar-refractivity contribution >= 4 is 17.4 Å². The molecule has 1 amide bonds. The van der Waals surface area contributed by atoms with Gasteiger partial charge in [0.25, 0.3) is 5.91 Å². The fourth-order valence-corrected chi connectivity index (χ4v) is 2.53. The van der Waals surface area contributed by atoms with Gasteiger partial charge in [-0.3, -0.25) is 4.79 Å². The van der Waals surface area contributed by atoms with Crippen molar-refractivity contribution in [1.29, 1.82) is 0 Å². The van der Waals surface area contributed by atoms with E-state index in [1.807, 2.05) is 68.4 Å². The Balaban J connectivity index is 1.71. The number of anilines is 2. The molecule has 0 radical (unpaired) electrons.